The molecule has 1 unspecified atom stereocenters. The van der Waals surface area contributed by atoms with Crippen LogP contribution >= 0.6 is 0 Å². The van der Waals surface area contributed by atoms with Gasteiger partial charge in [-0.15, -0.1) is 0 Å². The Morgan fingerprint density at radius 1 is 1.12 bits per heavy atom. The van der Waals surface area contributed by atoms with E-state index in [2.05, 4.69) is 25.2 Å². The summed E-state index contributed by atoms with van der Waals surface area (Å²) in [6, 6.07) is 7.75. The molecule has 1 saturated heterocycles. The molecule has 1 aliphatic carbocycles. The Labute approximate surface area is 154 Å². The zero-order valence-corrected chi connectivity index (χ0v) is 15.2. The minimum atomic E-state index is 0.0640. The first-order valence-corrected chi connectivity index (χ1v) is 9.55. The fourth-order valence-corrected chi connectivity index (χ4v) is 4.14. The quantitative estimate of drug-likeness (QED) is 0.908. The molecule has 1 atom stereocenters. The van der Waals surface area contributed by atoms with Crippen LogP contribution in [0.15, 0.2) is 30.5 Å². The lowest BCUT2D eigenvalue weighted by Gasteiger charge is -2.27. The monoisotopic (exact) mass is 351 g/mol. The zero-order chi connectivity index (χ0) is 17.9. The van der Waals surface area contributed by atoms with Gasteiger partial charge in [-0.25, -0.2) is 15.0 Å². The number of pyridine rings is 1. The molecule has 2 aliphatic rings. The van der Waals surface area contributed by atoms with Crippen molar-refractivity contribution in [2.45, 2.75) is 51.5 Å². The number of aryl methyl sites for hydroxylation is 1. The Bertz CT molecular complexity index is 773. The van der Waals surface area contributed by atoms with Crippen molar-refractivity contribution in [3.05, 3.63) is 42.0 Å². The maximum Gasteiger partial charge on any atom is 0.226 e. The third-order valence-corrected chi connectivity index (χ3v) is 5.36. The van der Waals surface area contributed by atoms with Crippen LogP contribution in [0.5, 0.6) is 0 Å². The molecule has 26 heavy (non-hydrogen) atoms. The molecule has 2 aromatic heterocycles. The highest BCUT2D eigenvalue weighted by Gasteiger charge is 2.35. The molecule has 136 valence electrons. The molecule has 0 bridgehead atoms. The van der Waals surface area contributed by atoms with Gasteiger partial charge < -0.3 is 10.2 Å². The minimum absolute atomic E-state index is 0.0640. The maximum absolute atomic E-state index is 12.9. The van der Waals surface area contributed by atoms with Gasteiger partial charge in [0.15, 0.2) is 0 Å². The average molecular weight is 351 g/mol. The number of carbonyl (C=O) groups excluding carboxylic acids is 1. The molecule has 1 amide bonds. The smallest absolute Gasteiger partial charge is 0.226 e. The van der Waals surface area contributed by atoms with Crippen LogP contribution in [-0.2, 0) is 4.79 Å². The normalized spacial score (nSPS) is 20.5. The highest BCUT2D eigenvalue weighted by Crippen LogP contribution is 2.36. The first kappa shape index (κ1) is 16.9. The van der Waals surface area contributed by atoms with Crippen molar-refractivity contribution < 1.29 is 4.79 Å². The summed E-state index contributed by atoms with van der Waals surface area (Å²) in [4.78, 5) is 28.4. The number of aromatic nitrogens is 3. The number of rotatable bonds is 4. The third-order valence-electron chi connectivity index (χ3n) is 5.36. The zero-order valence-electron chi connectivity index (χ0n) is 15.2. The molecule has 6 heteroatoms. The summed E-state index contributed by atoms with van der Waals surface area (Å²) in [5, 5.41) is 3.24. The number of hydrogen-bond donors (Lipinski definition) is 1. The van der Waals surface area contributed by atoms with Crippen LogP contribution in [0.3, 0.4) is 0 Å². The molecule has 0 radical (unpaired) electrons. The fourth-order valence-electron chi connectivity index (χ4n) is 4.14. The van der Waals surface area contributed by atoms with Crippen LogP contribution in [-0.4, -0.2) is 32.3 Å². The van der Waals surface area contributed by atoms with Crippen molar-refractivity contribution in [2.24, 2.45) is 5.92 Å². The summed E-state index contributed by atoms with van der Waals surface area (Å²) in [5.74, 6) is 2.72. The van der Waals surface area contributed by atoms with Crippen LogP contribution in [0.1, 0.15) is 56.1 Å². The molecular formula is C20H25N5O. The lowest BCUT2D eigenvalue weighted by atomic mass is 10.0. The summed E-state index contributed by atoms with van der Waals surface area (Å²) >= 11 is 0. The van der Waals surface area contributed by atoms with E-state index in [9.17, 15) is 4.79 Å². The lowest BCUT2D eigenvalue weighted by molar-refractivity contribution is -0.136. The van der Waals surface area contributed by atoms with Crippen LogP contribution in [0.4, 0.5) is 11.6 Å². The summed E-state index contributed by atoms with van der Waals surface area (Å²) < 4.78 is 0. The number of amides is 1. The molecule has 6 nitrogen and oxygen atoms in total. The largest absolute Gasteiger partial charge is 0.334 e. The second-order valence-corrected chi connectivity index (χ2v) is 7.24. The number of carbonyl (C=O) groups is 1. The van der Waals surface area contributed by atoms with Gasteiger partial charge in [0.25, 0.3) is 0 Å². The number of nitrogens with one attached hydrogen (secondary N) is 1. The van der Waals surface area contributed by atoms with Crippen molar-refractivity contribution in [3.63, 3.8) is 0 Å². The summed E-state index contributed by atoms with van der Waals surface area (Å²) in [6.45, 7) is 2.73. The van der Waals surface area contributed by atoms with E-state index in [1.54, 1.807) is 6.20 Å². The predicted molar refractivity (Wildman–Crippen MR) is 99.9 cm³/mol. The summed E-state index contributed by atoms with van der Waals surface area (Å²) in [7, 11) is 0. The highest BCUT2D eigenvalue weighted by molar-refractivity contribution is 5.79. The van der Waals surface area contributed by atoms with E-state index < -0.39 is 0 Å². The van der Waals surface area contributed by atoms with Gasteiger partial charge >= 0.3 is 0 Å². The van der Waals surface area contributed by atoms with Crippen molar-refractivity contribution in [1.29, 1.82) is 0 Å². The first-order valence-electron chi connectivity index (χ1n) is 9.55. The van der Waals surface area contributed by atoms with E-state index in [0.29, 0.717) is 11.7 Å². The SMILES string of the molecule is Cc1nc(Nc2ccccn2)cc(C2CCCN2C(=O)C2CCCC2)n1. The van der Waals surface area contributed by atoms with Gasteiger partial charge in [-0.3, -0.25) is 4.79 Å². The second kappa shape index (κ2) is 7.40. The van der Waals surface area contributed by atoms with E-state index >= 15 is 0 Å². The molecule has 4 rings (SSSR count). The molecule has 0 spiro atoms. The molecule has 2 fully saturated rings. The molecule has 1 N–H and O–H groups in total. The number of hydrogen-bond acceptors (Lipinski definition) is 5. The first-order chi connectivity index (χ1) is 12.7. The molecular weight excluding hydrogens is 326 g/mol. The maximum atomic E-state index is 12.9. The van der Waals surface area contributed by atoms with Crippen LogP contribution in [0.2, 0.25) is 0 Å². The van der Waals surface area contributed by atoms with E-state index in [4.69, 9.17) is 0 Å². The van der Waals surface area contributed by atoms with Crippen molar-refractivity contribution >= 4 is 17.5 Å². The van der Waals surface area contributed by atoms with Gasteiger partial charge in [-0.05, 0) is 44.7 Å². The Balaban J connectivity index is 1.57. The van der Waals surface area contributed by atoms with E-state index in [-0.39, 0.29) is 12.0 Å². The van der Waals surface area contributed by atoms with E-state index in [1.165, 1.54) is 12.8 Å². The van der Waals surface area contributed by atoms with Crippen molar-refractivity contribution in [2.75, 3.05) is 11.9 Å². The van der Waals surface area contributed by atoms with E-state index in [1.807, 2.05) is 31.2 Å². The number of nitrogens with zero attached hydrogens (tertiary/aromatic N) is 4. The topological polar surface area (TPSA) is 71.0 Å². The molecule has 1 aliphatic heterocycles. The van der Waals surface area contributed by atoms with Gasteiger partial charge in [0.05, 0.1) is 11.7 Å². The van der Waals surface area contributed by atoms with Crippen LogP contribution < -0.4 is 5.32 Å². The average Bonchev–Trinajstić information content (AvgIpc) is 3.33. The van der Waals surface area contributed by atoms with E-state index in [0.717, 1.165) is 49.6 Å². The Morgan fingerprint density at radius 2 is 1.96 bits per heavy atom. The van der Waals surface area contributed by atoms with Crippen molar-refractivity contribution in [1.82, 2.24) is 19.9 Å². The number of likely N-dealkylation sites (tertiary alicyclic amines) is 1. The van der Waals surface area contributed by atoms with Crippen LogP contribution in [0, 0.1) is 12.8 Å². The van der Waals surface area contributed by atoms with Gasteiger partial charge in [0.1, 0.15) is 17.5 Å². The Hall–Kier alpha value is -2.50. The Kier molecular flexibility index (Phi) is 4.82. The lowest BCUT2D eigenvalue weighted by Crippen LogP contribution is -2.35. The van der Waals surface area contributed by atoms with Gasteiger partial charge in [0.2, 0.25) is 5.91 Å². The Morgan fingerprint density at radius 3 is 2.73 bits per heavy atom. The standard InChI is InChI=1S/C20H25N5O/c1-14-22-16(13-19(23-14)24-18-10-4-5-11-21-18)17-9-6-12-25(17)20(26)15-7-2-3-8-15/h4-5,10-11,13,15,17H,2-3,6-9,12H2,1H3,(H,21,22,23,24). The third kappa shape index (κ3) is 3.54. The van der Waals surface area contributed by atoms with Gasteiger partial charge in [0, 0.05) is 24.7 Å². The summed E-state index contributed by atoms with van der Waals surface area (Å²) in [6.07, 6.45) is 8.19. The minimum Gasteiger partial charge on any atom is -0.334 e. The molecule has 2 aromatic rings. The second-order valence-electron chi connectivity index (χ2n) is 7.24. The highest BCUT2D eigenvalue weighted by atomic mass is 16.2. The molecule has 1 saturated carbocycles. The molecule has 3 heterocycles. The number of anilines is 2. The summed E-state index contributed by atoms with van der Waals surface area (Å²) in [5.41, 5.74) is 0.930. The fraction of sp³-hybridized carbons (Fsp3) is 0.500. The predicted octanol–water partition coefficient (Wildman–Crippen LogP) is 3.78. The molecule has 0 aromatic carbocycles. The van der Waals surface area contributed by atoms with Crippen molar-refractivity contribution in [3.8, 4) is 0 Å². The van der Waals surface area contributed by atoms with Gasteiger partial charge in [-0.1, -0.05) is 18.9 Å². The van der Waals surface area contributed by atoms with Gasteiger partial charge in [-0.2, -0.15) is 0 Å². The van der Waals surface area contributed by atoms with Crippen LogP contribution in [0.25, 0.3) is 0 Å².